The zero-order chi connectivity index (χ0) is 17.7. The highest BCUT2D eigenvalue weighted by Gasteiger charge is 2.14. The number of nitrogens with one attached hydrogen (secondary N) is 1. The highest BCUT2D eigenvalue weighted by atomic mass is 19.1. The van der Waals surface area contributed by atoms with E-state index in [1.807, 2.05) is 13.0 Å². The van der Waals surface area contributed by atoms with Crippen molar-refractivity contribution in [3.8, 4) is 17.2 Å². The molecule has 0 heterocycles. The van der Waals surface area contributed by atoms with Gasteiger partial charge in [-0.2, -0.15) is 0 Å². The Kier molecular flexibility index (Phi) is 5.76. The molecule has 24 heavy (non-hydrogen) atoms. The summed E-state index contributed by atoms with van der Waals surface area (Å²) in [6, 6.07) is 9.59. The monoisotopic (exact) mass is 332 g/mol. The Morgan fingerprint density at radius 2 is 1.92 bits per heavy atom. The first kappa shape index (κ1) is 17.7. The Morgan fingerprint density at radius 3 is 2.54 bits per heavy atom. The molecule has 0 aliphatic heterocycles. The van der Waals surface area contributed by atoms with Gasteiger partial charge in [0.2, 0.25) is 5.91 Å². The summed E-state index contributed by atoms with van der Waals surface area (Å²) in [5.74, 6) is -0.219. The van der Waals surface area contributed by atoms with Gasteiger partial charge in [0.1, 0.15) is 0 Å². The molecule has 1 unspecified atom stereocenters. The molecule has 0 saturated carbocycles. The number of benzene rings is 2. The van der Waals surface area contributed by atoms with Crippen LogP contribution in [0.1, 0.15) is 12.5 Å². The van der Waals surface area contributed by atoms with Gasteiger partial charge in [-0.1, -0.05) is 13.0 Å². The molecule has 3 N–H and O–H groups in total. The maximum atomic E-state index is 14.2. The van der Waals surface area contributed by atoms with E-state index in [-0.39, 0.29) is 24.1 Å². The number of methoxy groups -OCH3 is 1. The van der Waals surface area contributed by atoms with Crippen LogP contribution < -0.4 is 20.5 Å². The van der Waals surface area contributed by atoms with Crippen molar-refractivity contribution in [2.75, 3.05) is 19.0 Å². The molecule has 6 heteroatoms. The highest BCUT2D eigenvalue weighted by molar-refractivity contribution is 5.92. The SMILES string of the molecule is COc1cc(C)ccc1Oc1ccc(NC(=O)C(C)CN)cc1F. The molecule has 1 amide bonds. The third kappa shape index (κ3) is 4.23. The van der Waals surface area contributed by atoms with E-state index in [9.17, 15) is 9.18 Å². The molecule has 0 aliphatic carbocycles. The Balaban J connectivity index is 2.17. The molecule has 0 saturated heterocycles. The summed E-state index contributed by atoms with van der Waals surface area (Å²) >= 11 is 0. The fourth-order valence-electron chi connectivity index (χ4n) is 2.01. The first-order chi connectivity index (χ1) is 11.4. The average Bonchev–Trinajstić information content (AvgIpc) is 2.57. The van der Waals surface area contributed by atoms with Crippen LogP contribution in [0, 0.1) is 18.7 Å². The molecule has 2 aromatic rings. The average molecular weight is 332 g/mol. The van der Waals surface area contributed by atoms with Crippen LogP contribution in [-0.2, 0) is 4.79 Å². The summed E-state index contributed by atoms with van der Waals surface area (Å²) in [5, 5.41) is 2.62. The van der Waals surface area contributed by atoms with Crippen LogP contribution in [-0.4, -0.2) is 19.6 Å². The third-order valence-corrected chi connectivity index (χ3v) is 3.54. The van der Waals surface area contributed by atoms with Gasteiger partial charge in [0.15, 0.2) is 23.1 Å². The van der Waals surface area contributed by atoms with Crippen LogP contribution in [0.2, 0.25) is 0 Å². The van der Waals surface area contributed by atoms with E-state index in [4.69, 9.17) is 15.2 Å². The van der Waals surface area contributed by atoms with Gasteiger partial charge in [0.25, 0.3) is 0 Å². The van der Waals surface area contributed by atoms with Crippen molar-refractivity contribution in [3.63, 3.8) is 0 Å². The van der Waals surface area contributed by atoms with Crippen LogP contribution in [0.3, 0.4) is 0 Å². The Morgan fingerprint density at radius 1 is 1.21 bits per heavy atom. The summed E-state index contributed by atoms with van der Waals surface area (Å²) in [7, 11) is 1.52. The lowest BCUT2D eigenvalue weighted by atomic mass is 10.1. The Labute approximate surface area is 140 Å². The van der Waals surface area contributed by atoms with Crippen molar-refractivity contribution >= 4 is 11.6 Å². The van der Waals surface area contributed by atoms with Gasteiger partial charge in [-0.25, -0.2) is 4.39 Å². The smallest absolute Gasteiger partial charge is 0.228 e. The van der Waals surface area contributed by atoms with E-state index in [2.05, 4.69) is 5.32 Å². The second kappa shape index (κ2) is 7.79. The predicted molar refractivity (Wildman–Crippen MR) is 91.1 cm³/mol. The van der Waals surface area contributed by atoms with E-state index in [1.165, 1.54) is 19.2 Å². The topological polar surface area (TPSA) is 73.6 Å². The molecular formula is C18H21FN2O3. The lowest BCUT2D eigenvalue weighted by Crippen LogP contribution is -2.26. The molecule has 0 fully saturated rings. The number of nitrogens with two attached hydrogens (primary N) is 1. The first-order valence-corrected chi connectivity index (χ1v) is 7.57. The lowest BCUT2D eigenvalue weighted by Gasteiger charge is -2.13. The van der Waals surface area contributed by atoms with Crippen molar-refractivity contribution in [3.05, 3.63) is 47.8 Å². The summed E-state index contributed by atoms with van der Waals surface area (Å²) in [6.45, 7) is 3.85. The largest absolute Gasteiger partial charge is 0.493 e. The second-order valence-corrected chi connectivity index (χ2v) is 5.53. The number of carbonyl (C=O) groups is 1. The summed E-state index contributed by atoms with van der Waals surface area (Å²) in [4.78, 5) is 11.8. The molecule has 2 rings (SSSR count). The number of hydrogen-bond donors (Lipinski definition) is 2. The number of anilines is 1. The molecule has 128 valence electrons. The Bertz CT molecular complexity index is 734. The first-order valence-electron chi connectivity index (χ1n) is 7.57. The Hall–Kier alpha value is -2.60. The van der Waals surface area contributed by atoms with Gasteiger partial charge in [0.05, 0.1) is 7.11 Å². The molecule has 0 spiro atoms. The van der Waals surface area contributed by atoms with Crippen molar-refractivity contribution in [2.45, 2.75) is 13.8 Å². The molecule has 2 aromatic carbocycles. The number of ether oxygens (including phenoxy) is 2. The maximum Gasteiger partial charge on any atom is 0.228 e. The minimum Gasteiger partial charge on any atom is -0.493 e. The number of hydrogen-bond acceptors (Lipinski definition) is 4. The van der Waals surface area contributed by atoms with Crippen molar-refractivity contribution in [2.24, 2.45) is 11.7 Å². The van der Waals surface area contributed by atoms with Crippen molar-refractivity contribution in [1.82, 2.24) is 0 Å². The normalized spacial score (nSPS) is 11.7. The maximum absolute atomic E-state index is 14.2. The van der Waals surface area contributed by atoms with Crippen LogP contribution in [0.4, 0.5) is 10.1 Å². The van der Waals surface area contributed by atoms with Crippen LogP contribution in [0.25, 0.3) is 0 Å². The molecule has 1 atom stereocenters. The van der Waals surface area contributed by atoms with E-state index >= 15 is 0 Å². The fraction of sp³-hybridized carbons (Fsp3) is 0.278. The fourth-order valence-corrected chi connectivity index (χ4v) is 2.01. The predicted octanol–water partition coefficient (Wildman–Crippen LogP) is 3.47. The number of rotatable bonds is 6. The number of aryl methyl sites for hydroxylation is 1. The van der Waals surface area contributed by atoms with E-state index < -0.39 is 5.82 Å². The van der Waals surface area contributed by atoms with Crippen LogP contribution in [0.5, 0.6) is 17.2 Å². The van der Waals surface area contributed by atoms with Crippen molar-refractivity contribution < 1.29 is 18.7 Å². The molecule has 0 aliphatic rings. The van der Waals surface area contributed by atoms with Gasteiger partial charge in [-0.3, -0.25) is 4.79 Å². The molecular weight excluding hydrogens is 311 g/mol. The number of carbonyl (C=O) groups excluding carboxylic acids is 1. The summed E-state index contributed by atoms with van der Waals surface area (Å²) in [6.07, 6.45) is 0. The van der Waals surface area contributed by atoms with Crippen LogP contribution >= 0.6 is 0 Å². The van der Waals surface area contributed by atoms with E-state index in [0.29, 0.717) is 17.2 Å². The van der Waals surface area contributed by atoms with Crippen molar-refractivity contribution in [1.29, 1.82) is 0 Å². The van der Waals surface area contributed by atoms with Gasteiger partial charge in [0, 0.05) is 24.2 Å². The molecule has 0 radical (unpaired) electrons. The van der Waals surface area contributed by atoms with E-state index in [1.54, 1.807) is 25.1 Å². The van der Waals surface area contributed by atoms with Gasteiger partial charge in [-0.05, 0) is 36.8 Å². The zero-order valence-electron chi connectivity index (χ0n) is 13.9. The third-order valence-electron chi connectivity index (χ3n) is 3.54. The van der Waals surface area contributed by atoms with E-state index in [0.717, 1.165) is 5.56 Å². The quantitative estimate of drug-likeness (QED) is 0.849. The van der Waals surface area contributed by atoms with Gasteiger partial charge < -0.3 is 20.5 Å². The number of amides is 1. The standard InChI is InChI=1S/C18H21FN2O3/c1-11-4-6-16(17(8-11)23-3)24-15-7-5-13(9-14(15)19)21-18(22)12(2)10-20/h4-9,12H,10,20H2,1-3H3,(H,21,22). The highest BCUT2D eigenvalue weighted by Crippen LogP contribution is 2.34. The van der Waals surface area contributed by atoms with Gasteiger partial charge >= 0.3 is 0 Å². The minimum absolute atomic E-state index is 0.0435. The molecule has 0 bridgehead atoms. The molecule has 5 nitrogen and oxygen atoms in total. The lowest BCUT2D eigenvalue weighted by molar-refractivity contribution is -0.119. The summed E-state index contributed by atoms with van der Waals surface area (Å²) < 4.78 is 25.1. The van der Waals surface area contributed by atoms with Gasteiger partial charge in [-0.15, -0.1) is 0 Å². The minimum atomic E-state index is -0.587. The van der Waals surface area contributed by atoms with Crippen LogP contribution in [0.15, 0.2) is 36.4 Å². The second-order valence-electron chi connectivity index (χ2n) is 5.53. The zero-order valence-corrected chi connectivity index (χ0v) is 13.9. The summed E-state index contributed by atoms with van der Waals surface area (Å²) in [5.41, 5.74) is 6.79. The number of halogens is 1. The molecule has 0 aromatic heterocycles.